The second-order valence-corrected chi connectivity index (χ2v) is 3.32. The van der Waals surface area contributed by atoms with Gasteiger partial charge in [-0.3, -0.25) is 4.79 Å². The highest BCUT2D eigenvalue weighted by Crippen LogP contribution is 2.01. The first kappa shape index (κ1) is 11.0. The Balaban J connectivity index is 2.44. The number of ether oxygens (including phenoxy) is 1. The monoisotopic (exact) mass is 198 g/mol. The van der Waals surface area contributed by atoms with Crippen LogP contribution in [-0.4, -0.2) is 43.7 Å². The molecule has 1 amide bonds. The molecule has 0 aliphatic carbocycles. The molecule has 0 saturated carbocycles. The Morgan fingerprint density at radius 2 is 2.14 bits per heavy atom. The lowest BCUT2D eigenvalue weighted by molar-refractivity contribution is -0.117. The first-order chi connectivity index (χ1) is 6.74. The lowest BCUT2D eigenvalue weighted by atomic mass is 10.3. The molecule has 1 N–H and O–H groups in total. The third kappa shape index (κ3) is 3.38. The molecule has 80 valence electrons. The number of amides is 1. The molecule has 14 heavy (non-hydrogen) atoms. The Hall–Kier alpha value is -1.03. The molecule has 1 saturated heterocycles. The molecule has 1 aliphatic heterocycles. The average Bonchev–Trinajstić information content (AvgIpc) is 2.19. The molecule has 0 aromatic heterocycles. The topological polar surface area (TPSA) is 41.6 Å². The van der Waals surface area contributed by atoms with Crippen LogP contribution >= 0.6 is 0 Å². The number of morpholine rings is 1. The minimum absolute atomic E-state index is 0.0130. The second-order valence-electron chi connectivity index (χ2n) is 3.32. The molecule has 4 heteroatoms. The van der Waals surface area contributed by atoms with Crippen molar-refractivity contribution < 1.29 is 9.53 Å². The molecule has 1 rings (SSSR count). The van der Waals surface area contributed by atoms with Crippen LogP contribution in [0.3, 0.4) is 0 Å². The molecule has 0 unspecified atom stereocenters. The van der Waals surface area contributed by atoms with Gasteiger partial charge in [0.25, 0.3) is 0 Å². The van der Waals surface area contributed by atoms with Crippen molar-refractivity contribution in [3.8, 4) is 0 Å². The van der Waals surface area contributed by atoms with Crippen LogP contribution < -0.4 is 5.32 Å². The number of carbonyl (C=O) groups excluding carboxylic acids is 1. The van der Waals surface area contributed by atoms with Gasteiger partial charge in [-0.2, -0.15) is 0 Å². The fraction of sp³-hybridized carbons (Fsp3) is 0.700. The van der Waals surface area contributed by atoms with Crippen LogP contribution in [-0.2, 0) is 9.53 Å². The van der Waals surface area contributed by atoms with Crippen molar-refractivity contribution in [2.75, 3.05) is 32.8 Å². The van der Waals surface area contributed by atoms with Gasteiger partial charge in [0.05, 0.1) is 13.2 Å². The summed E-state index contributed by atoms with van der Waals surface area (Å²) in [5, 5.41) is 2.77. The Bertz CT molecular complexity index is 220. The van der Waals surface area contributed by atoms with E-state index in [-0.39, 0.29) is 5.91 Å². The second kappa shape index (κ2) is 5.65. The zero-order chi connectivity index (χ0) is 10.4. The first-order valence-corrected chi connectivity index (χ1v) is 5.02. The molecule has 1 fully saturated rings. The van der Waals surface area contributed by atoms with E-state index in [4.69, 9.17) is 4.74 Å². The lowest BCUT2D eigenvalue weighted by Gasteiger charge is -2.25. The number of carbonyl (C=O) groups is 1. The highest BCUT2D eigenvalue weighted by Gasteiger charge is 2.09. The predicted octanol–water partition coefficient (Wildman–Crippen LogP) is 0.359. The number of hydrogen-bond acceptors (Lipinski definition) is 3. The summed E-state index contributed by atoms with van der Waals surface area (Å²) >= 11 is 0. The minimum atomic E-state index is 0.0130. The number of rotatable bonds is 3. The zero-order valence-electron chi connectivity index (χ0n) is 8.88. The number of likely N-dealkylation sites (N-methyl/N-ethyl adjacent to an activating group) is 1. The maximum Gasteiger partial charge on any atom is 0.248 e. The van der Waals surface area contributed by atoms with Gasteiger partial charge in [-0.1, -0.05) is 0 Å². The largest absolute Gasteiger partial charge is 0.378 e. The van der Waals surface area contributed by atoms with Crippen LogP contribution in [0.2, 0.25) is 0 Å². The molecule has 1 aliphatic rings. The molecule has 0 radical (unpaired) electrons. The summed E-state index contributed by atoms with van der Waals surface area (Å²) in [4.78, 5) is 13.5. The molecular formula is C10H18N2O2. The summed E-state index contributed by atoms with van der Waals surface area (Å²) in [5.41, 5.74) is 0.758. The third-order valence-electron chi connectivity index (χ3n) is 2.12. The molecule has 0 aromatic carbocycles. The fourth-order valence-electron chi connectivity index (χ4n) is 1.34. The predicted molar refractivity (Wildman–Crippen MR) is 54.8 cm³/mol. The van der Waals surface area contributed by atoms with Gasteiger partial charge in [0.1, 0.15) is 0 Å². The molecular weight excluding hydrogens is 180 g/mol. The van der Waals surface area contributed by atoms with E-state index in [1.165, 1.54) is 0 Å². The van der Waals surface area contributed by atoms with Gasteiger partial charge in [-0.25, -0.2) is 0 Å². The summed E-state index contributed by atoms with van der Waals surface area (Å²) in [7, 11) is 0. The molecule has 0 spiro atoms. The molecule has 0 bridgehead atoms. The highest BCUT2D eigenvalue weighted by molar-refractivity contribution is 5.92. The number of nitrogens with one attached hydrogen (secondary N) is 1. The van der Waals surface area contributed by atoms with Crippen LogP contribution in [0, 0.1) is 0 Å². The Morgan fingerprint density at radius 3 is 2.71 bits per heavy atom. The van der Waals surface area contributed by atoms with Crippen LogP contribution in [0.4, 0.5) is 0 Å². The van der Waals surface area contributed by atoms with Crippen LogP contribution in [0.5, 0.6) is 0 Å². The molecule has 1 heterocycles. The van der Waals surface area contributed by atoms with E-state index >= 15 is 0 Å². The average molecular weight is 198 g/mol. The van der Waals surface area contributed by atoms with Crippen molar-refractivity contribution in [3.05, 3.63) is 11.8 Å². The van der Waals surface area contributed by atoms with Crippen molar-refractivity contribution >= 4 is 5.91 Å². The van der Waals surface area contributed by atoms with Gasteiger partial charge in [0, 0.05) is 31.4 Å². The van der Waals surface area contributed by atoms with Crippen LogP contribution in [0.15, 0.2) is 11.8 Å². The first-order valence-electron chi connectivity index (χ1n) is 5.02. The minimum Gasteiger partial charge on any atom is -0.378 e. The van der Waals surface area contributed by atoms with Gasteiger partial charge in [0.15, 0.2) is 0 Å². The van der Waals surface area contributed by atoms with Crippen molar-refractivity contribution in [2.45, 2.75) is 13.8 Å². The summed E-state index contributed by atoms with van der Waals surface area (Å²) in [5.74, 6) is 0.0130. The Kier molecular flexibility index (Phi) is 4.46. The van der Waals surface area contributed by atoms with Crippen molar-refractivity contribution in [1.29, 1.82) is 0 Å². The van der Waals surface area contributed by atoms with E-state index in [0.29, 0.717) is 6.54 Å². The molecule has 4 nitrogen and oxygen atoms in total. The van der Waals surface area contributed by atoms with Crippen molar-refractivity contribution in [2.24, 2.45) is 0 Å². The highest BCUT2D eigenvalue weighted by atomic mass is 16.5. The lowest BCUT2D eigenvalue weighted by Crippen LogP contribution is -2.33. The van der Waals surface area contributed by atoms with E-state index < -0.39 is 0 Å². The molecule has 0 aromatic rings. The van der Waals surface area contributed by atoms with Gasteiger partial charge in [-0.05, 0) is 13.8 Å². The quantitative estimate of drug-likeness (QED) is 0.666. The molecule has 0 atom stereocenters. The summed E-state index contributed by atoms with van der Waals surface area (Å²) in [6.45, 7) is 7.67. The van der Waals surface area contributed by atoms with Gasteiger partial charge in [-0.15, -0.1) is 0 Å². The van der Waals surface area contributed by atoms with E-state index in [1.807, 2.05) is 20.0 Å². The van der Waals surface area contributed by atoms with Gasteiger partial charge < -0.3 is 15.0 Å². The van der Waals surface area contributed by atoms with E-state index in [2.05, 4.69) is 10.2 Å². The number of nitrogens with zero attached hydrogens (tertiary/aromatic N) is 1. The Labute approximate surface area is 84.9 Å². The van der Waals surface area contributed by atoms with Gasteiger partial charge in [0.2, 0.25) is 5.91 Å². The van der Waals surface area contributed by atoms with E-state index in [0.717, 1.165) is 31.9 Å². The van der Waals surface area contributed by atoms with Crippen molar-refractivity contribution in [3.63, 3.8) is 0 Å². The maximum absolute atomic E-state index is 11.4. The summed E-state index contributed by atoms with van der Waals surface area (Å²) in [6, 6.07) is 0. The zero-order valence-corrected chi connectivity index (χ0v) is 8.88. The smallest absolute Gasteiger partial charge is 0.248 e. The van der Waals surface area contributed by atoms with E-state index in [9.17, 15) is 4.79 Å². The van der Waals surface area contributed by atoms with Crippen molar-refractivity contribution in [1.82, 2.24) is 10.2 Å². The standard InChI is InChI=1S/C10H18N2O2/c1-3-11-10(13)9(2)8-12-4-6-14-7-5-12/h8H,3-7H2,1-2H3,(H,11,13). The fourth-order valence-corrected chi connectivity index (χ4v) is 1.34. The summed E-state index contributed by atoms with van der Waals surface area (Å²) in [6.07, 6.45) is 1.91. The summed E-state index contributed by atoms with van der Waals surface area (Å²) < 4.78 is 5.22. The van der Waals surface area contributed by atoms with Crippen LogP contribution in [0.1, 0.15) is 13.8 Å². The Morgan fingerprint density at radius 1 is 1.50 bits per heavy atom. The normalized spacial score (nSPS) is 18.1. The third-order valence-corrected chi connectivity index (χ3v) is 2.12. The SMILES string of the molecule is CCNC(=O)C(C)=CN1CCOCC1. The van der Waals surface area contributed by atoms with Crippen LogP contribution in [0.25, 0.3) is 0 Å². The van der Waals surface area contributed by atoms with Gasteiger partial charge >= 0.3 is 0 Å². The van der Waals surface area contributed by atoms with E-state index in [1.54, 1.807) is 0 Å². The number of hydrogen-bond donors (Lipinski definition) is 1. The maximum atomic E-state index is 11.4.